The smallest absolute Gasteiger partial charge is 0.121 e. The summed E-state index contributed by atoms with van der Waals surface area (Å²) < 4.78 is 5.32. The van der Waals surface area contributed by atoms with Gasteiger partial charge in [-0.3, -0.25) is 4.98 Å². The quantitative estimate of drug-likeness (QED) is 0.689. The number of rotatable bonds is 3. The lowest BCUT2D eigenvalue weighted by Crippen LogP contribution is -1.89. The molecule has 3 aromatic rings. The first kappa shape index (κ1) is 13.4. The molecule has 0 saturated carbocycles. The van der Waals surface area contributed by atoms with Crippen molar-refractivity contribution in [2.45, 2.75) is 6.92 Å². The molecule has 0 aliphatic rings. The molecule has 21 heavy (non-hydrogen) atoms. The Balaban J connectivity index is 2.02. The number of hydrogen-bond acceptors (Lipinski definition) is 2. The average Bonchev–Trinajstić information content (AvgIpc) is 2.56. The van der Waals surface area contributed by atoms with Crippen molar-refractivity contribution in [1.29, 1.82) is 0 Å². The van der Waals surface area contributed by atoms with Gasteiger partial charge in [0.15, 0.2) is 0 Å². The van der Waals surface area contributed by atoms with Crippen LogP contribution in [0.4, 0.5) is 0 Å². The van der Waals surface area contributed by atoms with Crippen LogP contribution in [0.5, 0.6) is 5.75 Å². The molecule has 3 rings (SSSR count). The van der Waals surface area contributed by atoms with Crippen LogP contribution in [0.25, 0.3) is 22.4 Å². The monoisotopic (exact) mass is 275 g/mol. The van der Waals surface area contributed by atoms with Crippen LogP contribution in [-0.4, -0.2) is 12.1 Å². The largest absolute Gasteiger partial charge is 0.496 e. The van der Waals surface area contributed by atoms with E-state index in [1.807, 2.05) is 36.5 Å². The standard InChI is InChI=1S/C19H17NO/c1-14-12-16(8-9-19(14)21-2)17-10-11-20-18(13-17)15-6-4-3-5-7-15/h3-13H,1-2H3. The first-order valence-corrected chi connectivity index (χ1v) is 6.94. The van der Waals surface area contributed by atoms with Gasteiger partial charge in [-0.25, -0.2) is 0 Å². The molecule has 0 N–H and O–H groups in total. The van der Waals surface area contributed by atoms with E-state index in [2.05, 4.69) is 42.2 Å². The van der Waals surface area contributed by atoms with E-state index in [1.165, 1.54) is 5.56 Å². The van der Waals surface area contributed by atoms with Gasteiger partial charge in [0.2, 0.25) is 0 Å². The highest BCUT2D eigenvalue weighted by Crippen LogP contribution is 2.28. The molecule has 0 fully saturated rings. The zero-order valence-electron chi connectivity index (χ0n) is 12.2. The lowest BCUT2D eigenvalue weighted by atomic mass is 10.0. The van der Waals surface area contributed by atoms with Gasteiger partial charge in [0.1, 0.15) is 5.75 Å². The lowest BCUT2D eigenvalue weighted by Gasteiger charge is -2.09. The van der Waals surface area contributed by atoms with Crippen molar-refractivity contribution < 1.29 is 4.74 Å². The maximum Gasteiger partial charge on any atom is 0.121 e. The number of benzene rings is 2. The summed E-state index contributed by atoms with van der Waals surface area (Å²) in [6, 6.07) is 20.6. The SMILES string of the molecule is COc1ccc(-c2ccnc(-c3ccccc3)c2)cc1C. The molecule has 1 heterocycles. The Hall–Kier alpha value is -2.61. The second-order valence-electron chi connectivity index (χ2n) is 4.98. The number of pyridine rings is 1. The minimum Gasteiger partial charge on any atom is -0.496 e. The maximum atomic E-state index is 5.32. The van der Waals surface area contributed by atoms with Crippen molar-refractivity contribution >= 4 is 0 Å². The van der Waals surface area contributed by atoms with Gasteiger partial charge in [-0.2, -0.15) is 0 Å². The van der Waals surface area contributed by atoms with Crippen LogP contribution in [0, 0.1) is 6.92 Å². The fraction of sp³-hybridized carbons (Fsp3) is 0.105. The third kappa shape index (κ3) is 2.79. The van der Waals surface area contributed by atoms with E-state index < -0.39 is 0 Å². The minimum absolute atomic E-state index is 0.913. The number of nitrogens with zero attached hydrogens (tertiary/aromatic N) is 1. The Labute approximate surface area is 125 Å². The summed E-state index contributed by atoms with van der Waals surface area (Å²) in [5, 5.41) is 0. The summed E-state index contributed by atoms with van der Waals surface area (Å²) in [5.74, 6) is 0.913. The van der Waals surface area contributed by atoms with Crippen molar-refractivity contribution in [3.05, 3.63) is 72.4 Å². The van der Waals surface area contributed by atoms with Crippen LogP contribution >= 0.6 is 0 Å². The Morgan fingerprint density at radius 2 is 1.57 bits per heavy atom. The fourth-order valence-corrected chi connectivity index (χ4v) is 2.43. The van der Waals surface area contributed by atoms with Crippen LogP contribution in [0.2, 0.25) is 0 Å². The summed E-state index contributed by atoms with van der Waals surface area (Å²) >= 11 is 0. The summed E-state index contributed by atoms with van der Waals surface area (Å²) in [5.41, 5.74) is 5.58. The van der Waals surface area contributed by atoms with Crippen LogP contribution in [0.15, 0.2) is 66.9 Å². The van der Waals surface area contributed by atoms with Gasteiger partial charge in [0.05, 0.1) is 12.8 Å². The molecule has 0 radical (unpaired) electrons. The van der Waals surface area contributed by atoms with Gasteiger partial charge in [-0.05, 0) is 47.9 Å². The van der Waals surface area contributed by atoms with E-state index in [-0.39, 0.29) is 0 Å². The van der Waals surface area contributed by atoms with Crippen molar-refractivity contribution in [1.82, 2.24) is 4.98 Å². The number of methoxy groups -OCH3 is 1. The predicted molar refractivity (Wildman–Crippen MR) is 86.4 cm³/mol. The van der Waals surface area contributed by atoms with E-state index in [0.29, 0.717) is 0 Å². The number of ether oxygens (including phenoxy) is 1. The molecule has 2 heteroatoms. The van der Waals surface area contributed by atoms with Gasteiger partial charge >= 0.3 is 0 Å². The minimum atomic E-state index is 0.913. The molecule has 0 aliphatic heterocycles. The van der Waals surface area contributed by atoms with Crippen LogP contribution in [0.1, 0.15) is 5.56 Å². The summed E-state index contributed by atoms with van der Waals surface area (Å²) in [6.45, 7) is 2.06. The Bertz CT molecular complexity index is 751. The van der Waals surface area contributed by atoms with Crippen LogP contribution in [-0.2, 0) is 0 Å². The molecule has 1 aromatic heterocycles. The number of aryl methyl sites for hydroxylation is 1. The molecule has 0 spiro atoms. The normalized spacial score (nSPS) is 10.4. The van der Waals surface area contributed by atoms with Gasteiger partial charge in [-0.15, -0.1) is 0 Å². The van der Waals surface area contributed by atoms with Crippen molar-refractivity contribution in [3.8, 4) is 28.1 Å². The molecule has 104 valence electrons. The van der Waals surface area contributed by atoms with E-state index in [0.717, 1.165) is 28.1 Å². The molecule has 2 aromatic carbocycles. The van der Waals surface area contributed by atoms with Crippen LogP contribution < -0.4 is 4.74 Å². The molecule has 0 bridgehead atoms. The molecule has 2 nitrogen and oxygen atoms in total. The van der Waals surface area contributed by atoms with Gasteiger partial charge in [0, 0.05) is 11.8 Å². The highest BCUT2D eigenvalue weighted by atomic mass is 16.5. The third-order valence-electron chi connectivity index (χ3n) is 3.56. The first-order chi connectivity index (χ1) is 10.3. The Morgan fingerprint density at radius 3 is 2.29 bits per heavy atom. The molecule has 0 aliphatic carbocycles. The van der Waals surface area contributed by atoms with E-state index in [9.17, 15) is 0 Å². The lowest BCUT2D eigenvalue weighted by molar-refractivity contribution is 0.412. The van der Waals surface area contributed by atoms with Crippen molar-refractivity contribution in [2.75, 3.05) is 7.11 Å². The first-order valence-electron chi connectivity index (χ1n) is 6.94. The molecular formula is C19H17NO. The van der Waals surface area contributed by atoms with E-state index in [1.54, 1.807) is 7.11 Å². The Kier molecular flexibility index (Phi) is 3.69. The second-order valence-corrected chi connectivity index (χ2v) is 4.98. The van der Waals surface area contributed by atoms with Gasteiger partial charge < -0.3 is 4.74 Å². The third-order valence-corrected chi connectivity index (χ3v) is 3.56. The summed E-state index contributed by atoms with van der Waals surface area (Å²) in [4.78, 5) is 4.47. The topological polar surface area (TPSA) is 22.1 Å². The maximum absolute atomic E-state index is 5.32. The molecule has 0 amide bonds. The molecule has 0 unspecified atom stereocenters. The predicted octanol–water partition coefficient (Wildman–Crippen LogP) is 4.73. The van der Waals surface area contributed by atoms with Gasteiger partial charge in [0.25, 0.3) is 0 Å². The molecular weight excluding hydrogens is 258 g/mol. The van der Waals surface area contributed by atoms with E-state index >= 15 is 0 Å². The summed E-state index contributed by atoms with van der Waals surface area (Å²) in [6.07, 6.45) is 1.86. The average molecular weight is 275 g/mol. The number of aromatic nitrogens is 1. The fourth-order valence-electron chi connectivity index (χ4n) is 2.43. The highest BCUT2D eigenvalue weighted by molar-refractivity contribution is 5.71. The van der Waals surface area contributed by atoms with Gasteiger partial charge in [-0.1, -0.05) is 36.4 Å². The zero-order chi connectivity index (χ0) is 14.7. The van der Waals surface area contributed by atoms with Crippen molar-refractivity contribution in [2.24, 2.45) is 0 Å². The van der Waals surface area contributed by atoms with Crippen molar-refractivity contribution in [3.63, 3.8) is 0 Å². The number of hydrogen-bond donors (Lipinski definition) is 0. The zero-order valence-corrected chi connectivity index (χ0v) is 12.2. The van der Waals surface area contributed by atoms with E-state index in [4.69, 9.17) is 4.74 Å². The second kappa shape index (κ2) is 5.80. The summed E-state index contributed by atoms with van der Waals surface area (Å²) in [7, 11) is 1.70. The molecule has 0 saturated heterocycles. The van der Waals surface area contributed by atoms with Crippen LogP contribution in [0.3, 0.4) is 0 Å². The molecule has 0 atom stereocenters. The highest BCUT2D eigenvalue weighted by Gasteiger charge is 2.05. The Morgan fingerprint density at radius 1 is 0.810 bits per heavy atom.